The average molecular weight is 679 g/mol. The summed E-state index contributed by atoms with van der Waals surface area (Å²) in [4.78, 5) is 36.9. The topological polar surface area (TPSA) is 121 Å². The van der Waals surface area contributed by atoms with Gasteiger partial charge in [0.15, 0.2) is 12.3 Å². The molecular weight excluding hydrogens is 649 g/mol. The van der Waals surface area contributed by atoms with Gasteiger partial charge in [0, 0.05) is 19.5 Å². The van der Waals surface area contributed by atoms with Gasteiger partial charge >= 0.3 is 6.18 Å². The number of alkyl halides is 7. The summed E-state index contributed by atoms with van der Waals surface area (Å²) in [6.07, 6.45) is -7.13. The molecule has 0 spiro atoms. The Kier molecular flexibility index (Phi) is 9.30. The second kappa shape index (κ2) is 12.8. The normalized spacial score (nSPS) is 19.6. The van der Waals surface area contributed by atoms with E-state index in [0.29, 0.717) is 11.3 Å². The molecule has 4 N–H and O–H groups in total. The summed E-state index contributed by atoms with van der Waals surface area (Å²) in [7, 11) is 0. The van der Waals surface area contributed by atoms with Gasteiger partial charge in [-0.1, -0.05) is 17.7 Å². The molecule has 2 aromatic heterocycles. The molecular formula is C29H30ClF7N6O3. The minimum atomic E-state index is -4.32. The lowest BCUT2D eigenvalue weighted by Gasteiger charge is -2.30. The largest absolute Gasteiger partial charge is 0.471 e. The predicted octanol–water partition coefficient (Wildman–Crippen LogP) is 6.90. The first-order valence-electron chi connectivity index (χ1n) is 14.5. The molecule has 17 heteroatoms. The molecule has 2 amide bonds. The average Bonchev–Trinajstić information content (AvgIpc) is 3.71. The van der Waals surface area contributed by atoms with Crippen LogP contribution in [0.1, 0.15) is 61.4 Å². The maximum Gasteiger partial charge on any atom is 0.391 e. The van der Waals surface area contributed by atoms with Crippen LogP contribution >= 0.6 is 11.6 Å². The minimum absolute atomic E-state index is 0.0104. The minimum Gasteiger partial charge on any atom is -0.471 e. The number of hydrogen-bond acceptors (Lipinski definition) is 6. The highest BCUT2D eigenvalue weighted by Crippen LogP contribution is 2.56. The summed E-state index contributed by atoms with van der Waals surface area (Å²) in [5.41, 5.74) is -0.881. The number of aromatic amines is 1. The smallest absolute Gasteiger partial charge is 0.391 e. The van der Waals surface area contributed by atoms with Gasteiger partial charge in [0.2, 0.25) is 17.7 Å². The van der Waals surface area contributed by atoms with Gasteiger partial charge in [-0.05, 0) is 62.3 Å². The van der Waals surface area contributed by atoms with Crippen molar-refractivity contribution in [3.05, 3.63) is 40.4 Å². The second-order valence-electron chi connectivity index (χ2n) is 11.7. The van der Waals surface area contributed by atoms with Crippen LogP contribution in [0.3, 0.4) is 0 Å². The Morgan fingerprint density at radius 3 is 2.39 bits per heavy atom. The predicted molar refractivity (Wildman–Crippen MR) is 154 cm³/mol. The molecule has 0 radical (unpaired) electrons. The molecule has 0 unspecified atom stereocenters. The Morgan fingerprint density at radius 1 is 1.09 bits per heavy atom. The van der Waals surface area contributed by atoms with Gasteiger partial charge in [0.05, 0.1) is 22.1 Å². The van der Waals surface area contributed by atoms with Crippen molar-refractivity contribution in [1.29, 1.82) is 0 Å². The SMILES string of the molecule is CC(F)(F)C1(C(=O)NCc2ccc(Cl)c(Nc3nc4nc(OCC(F)F)c(C(=O)N[C@H]5CC[C@H](C(F)(F)F)CC5)cc4[nH]3)c2)CC1. The quantitative estimate of drug-likeness (QED) is 0.164. The van der Waals surface area contributed by atoms with Crippen molar-refractivity contribution in [1.82, 2.24) is 25.6 Å². The number of nitrogens with zero attached hydrogens (tertiary/aromatic N) is 2. The molecule has 2 aliphatic carbocycles. The number of nitrogens with one attached hydrogen (secondary N) is 4. The van der Waals surface area contributed by atoms with E-state index in [-0.39, 0.29) is 72.8 Å². The van der Waals surface area contributed by atoms with Crippen molar-refractivity contribution >= 4 is 46.2 Å². The summed E-state index contributed by atoms with van der Waals surface area (Å²) < 4.78 is 97.9. The van der Waals surface area contributed by atoms with E-state index in [1.165, 1.54) is 12.1 Å². The van der Waals surface area contributed by atoms with Gasteiger partial charge in [0.25, 0.3) is 18.3 Å². The fourth-order valence-electron chi connectivity index (χ4n) is 5.48. The highest BCUT2D eigenvalue weighted by atomic mass is 35.5. The zero-order chi connectivity index (χ0) is 33.4. The van der Waals surface area contributed by atoms with Crippen molar-refractivity contribution in [2.75, 3.05) is 11.9 Å². The van der Waals surface area contributed by atoms with E-state index in [4.69, 9.17) is 16.3 Å². The molecule has 0 aliphatic heterocycles. The number of carbonyl (C=O) groups is 2. The molecule has 2 fully saturated rings. The Hall–Kier alpha value is -3.82. The first-order valence-corrected chi connectivity index (χ1v) is 14.8. The number of H-pyrrole nitrogens is 1. The molecule has 250 valence electrons. The molecule has 0 atom stereocenters. The molecule has 2 heterocycles. The number of aromatic nitrogens is 3. The third-order valence-corrected chi connectivity index (χ3v) is 8.65. The van der Waals surface area contributed by atoms with Crippen LogP contribution in [-0.2, 0) is 11.3 Å². The number of ether oxygens (including phenoxy) is 1. The maximum absolute atomic E-state index is 13.9. The van der Waals surface area contributed by atoms with Crippen molar-refractivity contribution < 1.29 is 45.1 Å². The maximum atomic E-state index is 13.9. The highest BCUT2D eigenvalue weighted by molar-refractivity contribution is 6.33. The molecule has 5 rings (SSSR count). The third-order valence-electron chi connectivity index (χ3n) is 8.32. The van der Waals surface area contributed by atoms with Gasteiger partial charge in [0.1, 0.15) is 11.0 Å². The number of rotatable bonds is 11. The molecule has 3 aromatic rings. The van der Waals surface area contributed by atoms with Crippen molar-refractivity contribution in [3.8, 4) is 5.88 Å². The number of anilines is 2. The van der Waals surface area contributed by atoms with E-state index < -0.39 is 60.2 Å². The van der Waals surface area contributed by atoms with Gasteiger partial charge in [-0.15, -0.1) is 0 Å². The van der Waals surface area contributed by atoms with E-state index in [1.807, 2.05) is 0 Å². The summed E-state index contributed by atoms with van der Waals surface area (Å²) in [5.74, 6) is -6.46. The molecule has 9 nitrogen and oxygen atoms in total. The standard InChI is InChI=1S/C29H30ClF7N6O3/c1-27(33,34)28(8-9-28)25(45)38-12-14-2-7-18(30)19(10-14)40-26-41-20-11-17(24(42-22(20)43-26)46-13-21(31)32)23(44)39-16-5-3-15(4-6-16)29(35,36)37/h2,7,10-11,15-16,21H,3-6,8-9,12-13H2,1H3,(H,38,45)(H,39,44)(H2,40,41,42,43)/t15-,16-. The monoisotopic (exact) mass is 678 g/mol. The first-order chi connectivity index (χ1) is 21.6. The number of fused-ring (bicyclic) bond motifs is 1. The number of halogens is 8. The zero-order valence-electron chi connectivity index (χ0n) is 24.3. The first kappa shape index (κ1) is 33.5. The van der Waals surface area contributed by atoms with Crippen LogP contribution in [0, 0.1) is 11.3 Å². The van der Waals surface area contributed by atoms with Gasteiger partial charge in [-0.25, -0.2) is 17.6 Å². The number of pyridine rings is 1. The van der Waals surface area contributed by atoms with Crippen LogP contribution in [0.2, 0.25) is 5.02 Å². The van der Waals surface area contributed by atoms with Crippen molar-refractivity contribution in [3.63, 3.8) is 0 Å². The highest BCUT2D eigenvalue weighted by Gasteiger charge is 2.64. The fourth-order valence-corrected chi connectivity index (χ4v) is 5.64. The second-order valence-corrected chi connectivity index (χ2v) is 12.1. The summed E-state index contributed by atoms with van der Waals surface area (Å²) in [6.45, 7) is -0.395. The number of hydrogen-bond donors (Lipinski definition) is 4. The van der Waals surface area contributed by atoms with Crippen LogP contribution in [0.5, 0.6) is 5.88 Å². The number of amides is 2. The van der Waals surface area contributed by atoms with Crippen LogP contribution in [0.25, 0.3) is 11.2 Å². The molecule has 0 bridgehead atoms. The van der Waals surface area contributed by atoms with Crippen LogP contribution in [0.15, 0.2) is 24.3 Å². The Bertz CT molecular complexity index is 1600. The Morgan fingerprint density at radius 2 is 1.78 bits per heavy atom. The fraction of sp³-hybridized carbons (Fsp3) is 0.517. The third kappa shape index (κ3) is 7.42. The zero-order valence-corrected chi connectivity index (χ0v) is 25.1. The molecule has 0 saturated heterocycles. The number of benzene rings is 1. The van der Waals surface area contributed by atoms with Crippen molar-refractivity contribution in [2.45, 2.75) is 76.6 Å². The number of imidazole rings is 1. The van der Waals surface area contributed by atoms with Crippen molar-refractivity contribution in [2.24, 2.45) is 11.3 Å². The van der Waals surface area contributed by atoms with E-state index in [2.05, 4.69) is 30.9 Å². The Balaban J connectivity index is 1.31. The molecule has 46 heavy (non-hydrogen) atoms. The van der Waals surface area contributed by atoms with Crippen LogP contribution in [-0.4, -0.2) is 57.9 Å². The van der Waals surface area contributed by atoms with Crippen LogP contribution in [0.4, 0.5) is 42.4 Å². The lowest BCUT2D eigenvalue weighted by molar-refractivity contribution is -0.182. The van der Waals surface area contributed by atoms with E-state index in [1.54, 1.807) is 12.1 Å². The molecule has 2 saturated carbocycles. The van der Waals surface area contributed by atoms with E-state index in [0.717, 1.165) is 6.92 Å². The summed E-state index contributed by atoms with van der Waals surface area (Å²) in [6, 6.07) is 5.41. The Labute approximate surface area is 263 Å². The van der Waals surface area contributed by atoms with E-state index >= 15 is 0 Å². The van der Waals surface area contributed by atoms with Crippen LogP contribution < -0.4 is 20.7 Å². The van der Waals surface area contributed by atoms with Gasteiger partial charge in [-0.2, -0.15) is 23.1 Å². The van der Waals surface area contributed by atoms with E-state index in [9.17, 15) is 40.3 Å². The van der Waals surface area contributed by atoms with Gasteiger partial charge < -0.3 is 25.7 Å². The lowest BCUT2D eigenvalue weighted by atomic mass is 9.85. The summed E-state index contributed by atoms with van der Waals surface area (Å²) in [5, 5.41) is 8.36. The molecule has 1 aromatic carbocycles. The summed E-state index contributed by atoms with van der Waals surface area (Å²) >= 11 is 6.33. The number of carbonyl (C=O) groups excluding carboxylic acids is 2. The molecule has 2 aliphatic rings. The van der Waals surface area contributed by atoms with Gasteiger partial charge in [-0.3, -0.25) is 9.59 Å². The lowest BCUT2D eigenvalue weighted by Crippen LogP contribution is -2.41.